The smallest absolute Gasteiger partial charge is 0.128 e. The normalized spacial score (nSPS) is 6.88. The van der Waals surface area contributed by atoms with Crippen molar-refractivity contribution < 1.29 is 0 Å². The van der Waals surface area contributed by atoms with Crippen molar-refractivity contribution in [3.8, 4) is 0 Å². The Balaban J connectivity index is 0. The van der Waals surface area contributed by atoms with Gasteiger partial charge in [-0.3, -0.25) is 0 Å². The zero-order valence-electron chi connectivity index (χ0n) is 4.75. The van der Waals surface area contributed by atoms with Gasteiger partial charge < -0.3 is 5.73 Å². The molecule has 1 nitrogen and oxygen atoms in total. The van der Waals surface area contributed by atoms with Gasteiger partial charge in [0.05, 0.1) is 0 Å². The third kappa shape index (κ3) is 65.1. The zero-order chi connectivity index (χ0) is 6.99. The molecule has 0 aliphatic heterocycles. The second-order valence-electron chi connectivity index (χ2n) is 0.672. The van der Waals surface area contributed by atoms with E-state index in [2.05, 4.69) is 37.4 Å². The third-order valence-corrected chi connectivity index (χ3v) is 1.50. The van der Waals surface area contributed by atoms with Crippen molar-refractivity contribution in [1.82, 2.24) is 0 Å². The van der Waals surface area contributed by atoms with E-state index in [-0.39, 0.29) is 4.32 Å². The standard InChI is InChI=1S/C2H6S2.CH3NS2/c1-3-4-2;2-1(3)4/h1-2H3;(H3,2,3,4). The molecule has 5 heteroatoms. The molecule has 0 aromatic heterocycles. The van der Waals surface area contributed by atoms with Gasteiger partial charge in [-0.05, 0) is 12.5 Å². The van der Waals surface area contributed by atoms with Crippen LogP contribution in [-0.2, 0) is 0 Å². The fourth-order valence-electron chi connectivity index (χ4n) is 0. The summed E-state index contributed by atoms with van der Waals surface area (Å²) in [7, 11) is 3.55. The van der Waals surface area contributed by atoms with Gasteiger partial charge in [-0.2, -0.15) is 0 Å². The maximum atomic E-state index is 4.71. The predicted octanol–water partition coefficient (Wildman–Crippen LogP) is 1.79. The van der Waals surface area contributed by atoms with E-state index in [1.807, 2.05) is 0 Å². The van der Waals surface area contributed by atoms with Crippen LogP contribution in [0, 0.1) is 0 Å². The summed E-state index contributed by atoms with van der Waals surface area (Å²) >= 11 is 7.65. The van der Waals surface area contributed by atoms with Gasteiger partial charge in [-0.15, -0.1) is 12.6 Å². The fourth-order valence-corrected chi connectivity index (χ4v) is 0. The van der Waals surface area contributed by atoms with Crippen LogP contribution in [0.1, 0.15) is 0 Å². The molecule has 0 spiro atoms. The molecular formula is C3H9NS4. The lowest BCUT2D eigenvalue weighted by molar-refractivity contribution is 1.91. The molecule has 0 saturated heterocycles. The van der Waals surface area contributed by atoms with Crippen LogP contribution in [-0.4, -0.2) is 16.8 Å². The van der Waals surface area contributed by atoms with Gasteiger partial charge in [-0.1, -0.05) is 33.8 Å². The molecule has 0 rings (SSSR count). The fraction of sp³-hybridized carbons (Fsp3) is 0.667. The first kappa shape index (κ1) is 11.7. The SMILES string of the molecule is CSSC.NC(=S)S. The Morgan fingerprint density at radius 3 is 1.62 bits per heavy atom. The third-order valence-electron chi connectivity index (χ3n) is 0.167. The Bertz CT molecular complexity index is 49.2. The Morgan fingerprint density at radius 1 is 1.50 bits per heavy atom. The van der Waals surface area contributed by atoms with Crippen LogP contribution in [0.15, 0.2) is 0 Å². The minimum absolute atomic E-state index is 0.194. The number of thiocarbonyl (C=S) groups is 1. The zero-order valence-corrected chi connectivity index (χ0v) is 8.09. The van der Waals surface area contributed by atoms with Crippen LogP contribution >= 0.6 is 46.4 Å². The molecule has 0 unspecified atom stereocenters. The molecule has 0 aromatic carbocycles. The summed E-state index contributed by atoms with van der Waals surface area (Å²) in [5.41, 5.74) is 4.71. The molecule has 0 aliphatic rings. The molecule has 8 heavy (non-hydrogen) atoms. The maximum absolute atomic E-state index is 4.71. The molecule has 0 fully saturated rings. The highest BCUT2D eigenvalue weighted by molar-refractivity contribution is 8.76. The van der Waals surface area contributed by atoms with Gasteiger partial charge in [0.25, 0.3) is 0 Å². The lowest BCUT2D eigenvalue weighted by Crippen LogP contribution is -1.94. The van der Waals surface area contributed by atoms with E-state index in [4.69, 9.17) is 5.73 Å². The van der Waals surface area contributed by atoms with Crippen molar-refractivity contribution in [2.45, 2.75) is 0 Å². The Morgan fingerprint density at radius 2 is 1.62 bits per heavy atom. The molecule has 0 bridgehead atoms. The summed E-state index contributed by atoms with van der Waals surface area (Å²) in [5.74, 6) is 0. The van der Waals surface area contributed by atoms with Crippen molar-refractivity contribution >= 4 is 50.8 Å². The monoisotopic (exact) mass is 187 g/mol. The van der Waals surface area contributed by atoms with E-state index in [1.54, 1.807) is 21.6 Å². The van der Waals surface area contributed by atoms with Gasteiger partial charge in [-0.25, -0.2) is 0 Å². The van der Waals surface area contributed by atoms with Crippen LogP contribution in [0.2, 0.25) is 0 Å². The average molecular weight is 187 g/mol. The van der Waals surface area contributed by atoms with E-state index in [0.29, 0.717) is 0 Å². The summed E-state index contributed by atoms with van der Waals surface area (Å²) in [5, 5.41) is 0. The van der Waals surface area contributed by atoms with E-state index >= 15 is 0 Å². The van der Waals surface area contributed by atoms with Crippen molar-refractivity contribution in [2.75, 3.05) is 12.5 Å². The molecule has 0 heterocycles. The number of rotatable bonds is 1. The van der Waals surface area contributed by atoms with Crippen molar-refractivity contribution in [1.29, 1.82) is 0 Å². The van der Waals surface area contributed by atoms with E-state index in [0.717, 1.165) is 0 Å². The highest BCUT2D eigenvalue weighted by Gasteiger charge is 1.56. The van der Waals surface area contributed by atoms with E-state index in [1.165, 1.54) is 0 Å². The first-order valence-corrected chi connectivity index (χ1v) is 5.52. The van der Waals surface area contributed by atoms with Crippen LogP contribution in [0.4, 0.5) is 0 Å². The van der Waals surface area contributed by atoms with Crippen LogP contribution in [0.25, 0.3) is 0 Å². The van der Waals surface area contributed by atoms with Gasteiger partial charge in [0.2, 0.25) is 0 Å². The van der Waals surface area contributed by atoms with Gasteiger partial charge in [0, 0.05) is 0 Å². The molecule has 2 N–H and O–H groups in total. The van der Waals surface area contributed by atoms with Crippen LogP contribution < -0.4 is 5.73 Å². The molecule has 0 radical (unpaired) electrons. The minimum atomic E-state index is 0.194. The van der Waals surface area contributed by atoms with Crippen molar-refractivity contribution in [3.63, 3.8) is 0 Å². The summed E-state index contributed by atoms with van der Waals surface area (Å²) in [6.07, 6.45) is 4.12. The number of hydrogen-bond acceptors (Lipinski definition) is 3. The molecule has 0 aliphatic carbocycles. The lowest BCUT2D eigenvalue weighted by Gasteiger charge is -1.69. The van der Waals surface area contributed by atoms with E-state index in [9.17, 15) is 0 Å². The second kappa shape index (κ2) is 10.8. The maximum Gasteiger partial charge on any atom is 0.128 e. The molecule has 50 valence electrons. The van der Waals surface area contributed by atoms with E-state index < -0.39 is 0 Å². The molecular weight excluding hydrogens is 178 g/mol. The Labute approximate surface area is 69.0 Å². The predicted molar refractivity (Wildman–Crippen MR) is 52.8 cm³/mol. The second-order valence-corrected chi connectivity index (χ2v) is 4.56. The summed E-state index contributed by atoms with van der Waals surface area (Å²) in [4.78, 5) is 0. The minimum Gasteiger partial charge on any atom is -0.385 e. The first-order chi connectivity index (χ1) is 3.65. The molecule has 0 atom stereocenters. The largest absolute Gasteiger partial charge is 0.385 e. The number of hydrogen-bond donors (Lipinski definition) is 2. The number of nitrogens with two attached hydrogens (primary N) is 1. The van der Waals surface area contributed by atoms with Crippen LogP contribution in [0.5, 0.6) is 0 Å². The topological polar surface area (TPSA) is 26.0 Å². The highest BCUT2D eigenvalue weighted by Crippen LogP contribution is 2.09. The van der Waals surface area contributed by atoms with Crippen molar-refractivity contribution in [2.24, 2.45) is 5.73 Å². The Kier molecular flexibility index (Phi) is 15.9. The molecule has 0 saturated carbocycles. The summed E-state index contributed by atoms with van der Waals surface area (Å²) in [6.45, 7) is 0. The van der Waals surface area contributed by atoms with Gasteiger partial charge in [0.1, 0.15) is 4.32 Å². The summed E-state index contributed by atoms with van der Waals surface area (Å²) < 4.78 is 0.194. The summed E-state index contributed by atoms with van der Waals surface area (Å²) in [6, 6.07) is 0. The molecule has 0 aromatic rings. The average Bonchev–Trinajstić information content (AvgIpc) is 1.65. The lowest BCUT2D eigenvalue weighted by atomic mass is 11.5. The van der Waals surface area contributed by atoms with Crippen LogP contribution in [0.3, 0.4) is 0 Å². The highest BCUT2D eigenvalue weighted by atomic mass is 33.1. The first-order valence-electron chi connectivity index (χ1n) is 1.70. The van der Waals surface area contributed by atoms with Gasteiger partial charge in [0.15, 0.2) is 0 Å². The van der Waals surface area contributed by atoms with Crippen molar-refractivity contribution in [3.05, 3.63) is 0 Å². The molecule has 0 amide bonds. The number of thiol groups is 1. The quantitative estimate of drug-likeness (QED) is 0.372. The van der Waals surface area contributed by atoms with Gasteiger partial charge >= 0.3 is 0 Å². The Hall–Kier alpha value is 0.940.